The molecule has 5 nitrogen and oxygen atoms in total. The Bertz CT molecular complexity index is 450. The lowest BCUT2D eigenvalue weighted by Crippen LogP contribution is -2.45. The van der Waals surface area contributed by atoms with Crippen LogP contribution >= 0.6 is 11.3 Å². The summed E-state index contributed by atoms with van der Waals surface area (Å²) in [5.41, 5.74) is 7.12. The number of carbonyl (C=O) groups excluding carboxylic acids is 1. The fourth-order valence-corrected chi connectivity index (χ4v) is 3.44. The van der Waals surface area contributed by atoms with Crippen molar-refractivity contribution in [1.29, 1.82) is 0 Å². The molecule has 20 heavy (non-hydrogen) atoms. The summed E-state index contributed by atoms with van der Waals surface area (Å²) in [7, 11) is 3.54. The van der Waals surface area contributed by atoms with Crippen LogP contribution < -0.4 is 5.73 Å². The molecule has 2 rings (SSSR count). The Labute approximate surface area is 124 Å². The van der Waals surface area contributed by atoms with Crippen molar-refractivity contribution in [3.8, 4) is 0 Å². The molecule has 1 aromatic heterocycles. The Balaban J connectivity index is 1.91. The first-order valence-corrected chi connectivity index (χ1v) is 7.93. The molecule has 2 N–H and O–H groups in total. The highest BCUT2D eigenvalue weighted by Crippen LogP contribution is 2.19. The van der Waals surface area contributed by atoms with Gasteiger partial charge in [0.25, 0.3) is 0 Å². The molecule has 0 aromatic carbocycles. The van der Waals surface area contributed by atoms with Gasteiger partial charge in [-0.1, -0.05) is 6.92 Å². The van der Waals surface area contributed by atoms with Gasteiger partial charge in [-0.05, 0) is 12.3 Å². The summed E-state index contributed by atoms with van der Waals surface area (Å²) < 4.78 is 0. The molecule has 1 aliphatic rings. The summed E-state index contributed by atoms with van der Waals surface area (Å²) in [5, 5.41) is 2.95. The number of hydrogen-bond acceptors (Lipinski definition) is 5. The monoisotopic (exact) mass is 296 g/mol. The highest BCUT2D eigenvalue weighted by atomic mass is 32.1. The highest BCUT2D eigenvalue weighted by Gasteiger charge is 2.22. The fourth-order valence-electron chi connectivity index (χ4n) is 2.66. The Morgan fingerprint density at radius 3 is 2.95 bits per heavy atom. The van der Waals surface area contributed by atoms with Crippen LogP contribution in [0.15, 0.2) is 5.38 Å². The highest BCUT2D eigenvalue weighted by molar-refractivity contribution is 7.09. The molecule has 1 aliphatic heterocycles. The molecule has 1 amide bonds. The lowest BCUT2D eigenvalue weighted by atomic mass is 9.96. The van der Waals surface area contributed by atoms with Gasteiger partial charge in [0.15, 0.2) is 0 Å². The summed E-state index contributed by atoms with van der Waals surface area (Å²) in [6.07, 6.45) is 1.50. The predicted octanol–water partition coefficient (Wildman–Crippen LogP) is 0.943. The molecule has 0 spiro atoms. The lowest BCUT2D eigenvalue weighted by molar-refractivity contribution is -0.127. The van der Waals surface area contributed by atoms with E-state index < -0.39 is 0 Å². The first-order chi connectivity index (χ1) is 9.44. The van der Waals surface area contributed by atoms with Crippen LogP contribution in [0.3, 0.4) is 0 Å². The molecule has 6 heteroatoms. The van der Waals surface area contributed by atoms with E-state index in [9.17, 15) is 4.79 Å². The topological polar surface area (TPSA) is 62.5 Å². The minimum absolute atomic E-state index is 0.0968. The lowest BCUT2D eigenvalue weighted by Gasteiger charge is -2.34. The summed E-state index contributed by atoms with van der Waals surface area (Å²) in [4.78, 5) is 20.2. The number of hydrogen-bond donors (Lipinski definition) is 1. The van der Waals surface area contributed by atoms with E-state index in [-0.39, 0.29) is 11.9 Å². The van der Waals surface area contributed by atoms with E-state index in [1.54, 1.807) is 30.3 Å². The standard InChI is InChI=1S/C14H24N4OS/c1-10-4-11(15)7-18(6-10)8-12-9-20-13(16-12)5-14(19)17(2)3/h9-11H,4-8,15H2,1-3H3. The van der Waals surface area contributed by atoms with Gasteiger partial charge in [0.05, 0.1) is 12.1 Å². The van der Waals surface area contributed by atoms with Crippen LogP contribution in [-0.4, -0.2) is 53.9 Å². The zero-order valence-corrected chi connectivity index (χ0v) is 13.3. The number of aromatic nitrogens is 1. The first-order valence-electron chi connectivity index (χ1n) is 7.05. The molecular weight excluding hydrogens is 272 g/mol. The summed E-state index contributed by atoms with van der Waals surface area (Å²) >= 11 is 1.57. The zero-order valence-electron chi connectivity index (χ0n) is 12.5. The van der Waals surface area contributed by atoms with Crippen molar-refractivity contribution in [2.75, 3.05) is 27.2 Å². The summed E-state index contributed by atoms with van der Waals surface area (Å²) in [5.74, 6) is 0.742. The molecule has 112 valence electrons. The first kappa shape index (κ1) is 15.4. The molecule has 0 aliphatic carbocycles. The van der Waals surface area contributed by atoms with Gasteiger partial charge in [0, 0.05) is 45.2 Å². The number of carbonyl (C=O) groups is 1. The van der Waals surface area contributed by atoms with E-state index in [2.05, 4.69) is 22.2 Å². The third-order valence-corrected chi connectivity index (χ3v) is 4.45. The van der Waals surface area contributed by atoms with Crippen LogP contribution in [0.5, 0.6) is 0 Å². The smallest absolute Gasteiger partial charge is 0.228 e. The largest absolute Gasteiger partial charge is 0.348 e. The van der Waals surface area contributed by atoms with E-state index in [0.29, 0.717) is 12.3 Å². The predicted molar refractivity (Wildman–Crippen MR) is 81.5 cm³/mol. The number of thiazole rings is 1. The van der Waals surface area contributed by atoms with E-state index in [1.165, 1.54) is 0 Å². The number of piperidine rings is 1. The van der Waals surface area contributed by atoms with Gasteiger partial charge in [-0.2, -0.15) is 0 Å². The molecule has 1 saturated heterocycles. The third kappa shape index (κ3) is 4.26. The van der Waals surface area contributed by atoms with E-state index in [4.69, 9.17) is 5.73 Å². The second kappa shape index (κ2) is 6.65. The van der Waals surface area contributed by atoms with Crippen molar-refractivity contribution in [2.45, 2.75) is 32.4 Å². The number of nitrogens with two attached hydrogens (primary N) is 1. The number of likely N-dealkylation sites (tertiary alicyclic amines) is 1. The van der Waals surface area contributed by atoms with E-state index in [1.807, 2.05) is 0 Å². The normalized spacial score (nSPS) is 23.8. The van der Waals surface area contributed by atoms with Crippen molar-refractivity contribution >= 4 is 17.2 Å². The van der Waals surface area contributed by atoms with Crippen molar-refractivity contribution in [1.82, 2.24) is 14.8 Å². The van der Waals surface area contributed by atoms with Crippen LogP contribution in [0.2, 0.25) is 0 Å². The number of rotatable bonds is 4. The zero-order chi connectivity index (χ0) is 14.7. The molecule has 0 saturated carbocycles. The second-order valence-corrected chi connectivity index (χ2v) is 6.94. The minimum Gasteiger partial charge on any atom is -0.348 e. The Morgan fingerprint density at radius 1 is 1.55 bits per heavy atom. The molecule has 1 aromatic rings. The summed E-state index contributed by atoms with van der Waals surface area (Å²) in [6, 6.07) is 0.271. The van der Waals surface area contributed by atoms with Crippen molar-refractivity contribution in [2.24, 2.45) is 11.7 Å². The average molecular weight is 296 g/mol. The third-order valence-electron chi connectivity index (χ3n) is 3.55. The molecule has 0 bridgehead atoms. The van der Waals surface area contributed by atoms with Crippen molar-refractivity contribution < 1.29 is 4.79 Å². The Hall–Kier alpha value is -0.980. The average Bonchev–Trinajstić information content (AvgIpc) is 2.74. The molecule has 2 unspecified atom stereocenters. The maximum absolute atomic E-state index is 11.7. The Kier molecular flexibility index (Phi) is 5.12. The van der Waals surface area contributed by atoms with E-state index in [0.717, 1.165) is 36.8 Å². The maximum Gasteiger partial charge on any atom is 0.228 e. The summed E-state index contributed by atoms with van der Waals surface area (Å²) in [6.45, 7) is 5.10. The van der Waals surface area contributed by atoms with Crippen LogP contribution in [0.4, 0.5) is 0 Å². The maximum atomic E-state index is 11.7. The van der Waals surface area contributed by atoms with Gasteiger partial charge >= 0.3 is 0 Å². The Morgan fingerprint density at radius 2 is 2.30 bits per heavy atom. The molecule has 2 heterocycles. The van der Waals surface area contributed by atoms with Gasteiger partial charge in [0.2, 0.25) is 5.91 Å². The molecule has 1 fully saturated rings. The SMILES string of the molecule is CC1CC(N)CN(Cc2csc(CC(=O)N(C)C)n2)C1. The van der Waals surface area contributed by atoms with Gasteiger partial charge in [0.1, 0.15) is 5.01 Å². The van der Waals surface area contributed by atoms with Crippen LogP contribution in [-0.2, 0) is 17.8 Å². The number of amides is 1. The van der Waals surface area contributed by atoms with Gasteiger partial charge in [-0.3, -0.25) is 9.69 Å². The quantitative estimate of drug-likeness (QED) is 0.898. The second-order valence-electron chi connectivity index (χ2n) is 5.99. The fraction of sp³-hybridized carbons (Fsp3) is 0.714. The van der Waals surface area contributed by atoms with Crippen molar-refractivity contribution in [3.05, 3.63) is 16.1 Å². The van der Waals surface area contributed by atoms with Crippen LogP contribution in [0, 0.1) is 5.92 Å². The van der Waals surface area contributed by atoms with Gasteiger partial charge in [-0.25, -0.2) is 4.98 Å². The molecular formula is C14H24N4OS. The number of nitrogens with zero attached hydrogens (tertiary/aromatic N) is 3. The van der Waals surface area contributed by atoms with Crippen molar-refractivity contribution in [3.63, 3.8) is 0 Å². The molecule has 0 radical (unpaired) electrons. The minimum atomic E-state index is 0.0968. The number of likely N-dealkylation sites (N-methyl/N-ethyl adjacent to an activating group) is 1. The van der Waals surface area contributed by atoms with E-state index >= 15 is 0 Å². The van der Waals surface area contributed by atoms with Gasteiger partial charge < -0.3 is 10.6 Å². The van der Waals surface area contributed by atoms with Crippen LogP contribution in [0.25, 0.3) is 0 Å². The van der Waals surface area contributed by atoms with Crippen LogP contribution in [0.1, 0.15) is 24.0 Å². The molecule has 2 atom stereocenters. The van der Waals surface area contributed by atoms with Gasteiger partial charge in [-0.15, -0.1) is 11.3 Å².